The first-order valence-electron chi connectivity index (χ1n) is 8.01. The minimum atomic E-state index is -3.91. The number of carbonyl (C=O) groups excluding carboxylic acids is 1. The van der Waals surface area contributed by atoms with Gasteiger partial charge < -0.3 is 19.1 Å². The number of hydrogen-bond acceptors (Lipinski definition) is 7. The lowest BCUT2D eigenvalue weighted by Gasteiger charge is -2.24. The summed E-state index contributed by atoms with van der Waals surface area (Å²) in [7, 11) is -0.840. The van der Waals surface area contributed by atoms with Gasteiger partial charge in [0.2, 0.25) is 0 Å². The van der Waals surface area contributed by atoms with Crippen molar-refractivity contribution in [3.63, 3.8) is 0 Å². The fourth-order valence-corrected chi connectivity index (χ4v) is 3.94. The van der Waals surface area contributed by atoms with Gasteiger partial charge in [-0.1, -0.05) is 18.2 Å². The number of para-hydroxylation sites is 1. The molecule has 1 aromatic rings. The molecule has 1 heterocycles. The van der Waals surface area contributed by atoms with Crippen molar-refractivity contribution < 1.29 is 33.0 Å². The summed E-state index contributed by atoms with van der Waals surface area (Å²) < 4.78 is 34.1. The van der Waals surface area contributed by atoms with Crippen LogP contribution in [0.2, 0.25) is 0 Å². The van der Waals surface area contributed by atoms with Crippen molar-refractivity contribution in [1.29, 1.82) is 0 Å². The van der Waals surface area contributed by atoms with Crippen molar-refractivity contribution in [3.05, 3.63) is 30.3 Å². The maximum atomic E-state index is 13.1. The Hall–Kier alpha value is -1.38. The summed E-state index contributed by atoms with van der Waals surface area (Å²) in [6.07, 6.45) is -0.847. The largest absolute Gasteiger partial charge is 0.468 e. The first-order chi connectivity index (χ1) is 11.8. The van der Waals surface area contributed by atoms with E-state index < -0.39 is 32.0 Å². The number of esters is 1. The molecule has 138 valence electrons. The number of benzene rings is 1. The Morgan fingerprint density at radius 2 is 2.16 bits per heavy atom. The zero-order chi connectivity index (χ0) is 18.4. The lowest BCUT2D eigenvalue weighted by Crippen LogP contribution is -2.36. The van der Waals surface area contributed by atoms with Gasteiger partial charge in [-0.05, 0) is 25.5 Å². The third-order valence-electron chi connectivity index (χ3n) is 3.69. The number of rotatable bonds is 8. The lowest BCUT2D eigenvalue weighted by molar-refractivity contribution is -0.142. The van der Waals surface area contributed by atoms with E-state index in [-0.39, 0.29) is 12.6 Å². The molecule has 1 aliphatic heterocycles. The Balaban J connectivity index is 2.08. The fourth-order valence-electron chi connectivity index (χ4n) is 2.44. The van der Waals surface area contributed by atoms with Crippen LogP contribution in [-0.2, 0) is 23.4 Å². The quantitative estimate of drug-likeness (QED) is 0.386. The van der Waals surface area contributed by atoms with Gasteiger partial charge in [-0.2, -0.15) is 5.09 Å². The molecular formula is C15H23BNO7P. The van der Waals surface area contributed by atoms with Crippen LogP contribution in [0.4, 0.5) is 0 Å². The molecule has 0 aliphatic carbocycles. The molecule has 1 saturated heterocycles. The van der Waals surface area contributed by atoms with E-state index in [0.29, 0.717) is 12.2 Å². The average Bonchev–Trinajstić information content (AvgIpc) is 2.90. The number of aliphatic hydroxyl groups excluding tert-OH is 1. The molecule has 0 radical (unpaired) electrons. The zero-order valence-corrected chi connectivity index (χ0v) is 15.3. The molecule has 1 aromatic carbocycles. The standard InChI is InChI=1S/C15H23BNO7P/c1-10(15(19)21-2)17-25(20,24-11-6-4-3-5-7-11)22-9-13-12(18)8-14(16)23-13/h3-7,10,12-14,18H,8-9,16H2,1-2H3,(H,17,20)/t10-,12?,13?,14?,25?/m0/s1. The monoisotopic (exact) mass is 371 g/mol. The summed E-state index contributed by atoms with van der Waals surface area (Å²) in [4.78, 5) is 11.6. The van der Waals surface area contributed by atoms with Crippen LogP contribution < -0.4 is 9.61 Å². The van der Waals surface area contributed by atoms with Gasteiger partial charge in [-0.25, -0.2) is 4.57 Å². The number of ether oxygens (including phenoxy) is 2. The predicted octanol–water partition coefficient (Wildman–Crippen LogP) is 0.450. The summed E-state index contributed by atoms with van der Waals surface area (Å²) in [5.74, 6) is -0.289. The second-order valence-electron chi connectivity index (χ2n) is 5.86. The summed E-state index contributed by atoms with van der Waals surface area (Å²) in [5.41, 5.74) is 0. The molecule has 2 rings (SSSR count). The van der Waals surface area contributed by atoms with Crippen molar-refractivity contribution in [2.75, 3.05) is 13.7 Å². The van der Waals surface area contributed by atoms with Crippen LogP contribution in [0.1, 0.15) is 13.3 Å². The first-order valence-corrected chi connectivity index (χ1v) is 9.55. The minimum Gasteiger partial charge on any atom is -0.468 e. The van der Waals surface area contributed by atoms with E-state index in [1.165, 1.54) is 14.0 Å². The van der Waals surface area contributed by atoms with Gasteiger partial charge in [0.15, 0.2) is 0 Å². The summed E-state index contributed by atoms with van der Waals surface area (Å²) >= 11 is 0. The molecule has 4 unspecified atom stereocenters. The van der Waals surface area contributed by atoms with Gasteiger partial charge in [0.05, 0.1) is 19.8 Å². The van der Waals surface area contributed by atoms with Crippen LogP contribution in [0.25, 0.3) is 0 Å². The molecule has 0 spiro atoms. The van der Waals surface area contributed by atoms with E-state index >= 15 is 0 Å². The highest BCUT2D eigenvalue weighted by Crippen LogP contribution is 2.45. The van der Waals surface area contributed by atoms with Crippen LogP contribution in [0.15, 0.2) is 30.3 Å². The molecule has 1 aliphatic rings. The number of hydrogen-bond donors (Lipinski definition) is 2. The van der Waals surface area contributed by atoms with E-state index in [1.54, 1.807) is 30.3 Å². The van der Waals surface area contributed by atoms with Crippen molar-refractivity contribution >= 4 is 21.6 Å². The molecule has 0 aromatic heterocycles. The first kappa shape index (κ1) is 19.9. The highest BCUT2D eigenvalue weighted by molar-refractivity contribution is 7.52. The number of nitrogens with one attached hydrogen (secondary N) is 1. The second kappa shape index (κ2) is 8.83. The molecule has 2 N–H and O–H groups in total. The maximum Gasteiger partial charge on any atom is 0.459 e. The maximum absolute atomic E-state index is 13.1. The van der Waals surface area contributed by atoms with Crippen LogP contribution in [0.5, 0.6) is 5.75 Å². The van der Waals surface area contributed by atoms with E-state index in [1.807, 2.05) is 7.85 Å². The van der Waals surface area contributed by atoms with Gasteiger partial charge in [0, 0.05) is 6.00 Å². The van der Waals surface area contributed by atoms with E-state index in [0.717, 1.165) is 0 Å². The van der Waals surface area contributed by atoms with Gasteiger partial charge in [0.1, 0.15) is 25.7 Å². The topological polar surface area (TPSA) is 103 Å². The van der Waals surface area contributed by atoms with E-state index in [2.05, 4.69) is 9.82 Å². The zero-order valence-electron chi connectivity index (χ0n) is 14.5. The van der Waals surface area contributed by atoms with E-state index in [9.17, 15) is 14.5 Å². The smallest absolute Gasteiger partial charge is 0.459 e. The normalized spacial score (nSPS) is 26.6. The molecule has 5 atom stereocenters. The van der Waals surface area contributed by atoms with Gasteiger partial charge in [-0.3, -0.25) is 9.32 Å². The molecule has 0 saturated carbocycles. The Labute approximate surface area is 147 Å². The third kappa shape index (κ3) is 5.83. The second-order valence-corrected chi connectivity index (χ2v) is 7.55. The Kier molecular flexibility index (Phi) is 7.04. The Morgan fingerprint density at radius 1 is 1.48 bits per heavy atom. The summed E-state index contributed by atoms with van der Waals surface area (Å²) in [6.45, 7) is 1.34. The molecule has 10 heteroatoms. The van der Waals surface area contributed by atoms with Crippen LogP contribution in [-0.4, -0.2) is 56.9 Å². The highest BCUT2D eigenvalue weighted by atomic mass is 31.2. The molecule has 0 bridgehead atoms. The van der Waals surface area contributed by atoms with E-state index in [4.69, 9.17) is 13.8 Å². The number of aliphatic hydroxyl groups is 1. The summed E-state index contributed by atoms with van der Waals surface area (Å²) in [5, 5.41) is 12.5. The SMILES string of the molecule is BC1CC(O)C(COP(=O)(N[C@@H](C)C(=O)OC)Oc2ccccc2)O1. The summed E-state index contributed by atoms with van der Waals surface area (Å²) in [6, 6.07) is 7.43. The van der Waals surface area contributed by atoms with Gasteiger partial charge in [-0.15, -0.1) is 0 Å². The average molecular weight is 371 g/mol. The molecule has 8 nitrogen and oxygen atoms in total. The number of methoxy groups -OCH3 is 1. The lowest BCUT2D eigenvalue weighted by atomic mass is 9.96. The van der Waals surface area contributed by atoms with Crippen LogP contribution in [0.3, 0.4) is 0 Å². The Morgan fingerprint density at radius 3 is 2.72 bits per heavy atom. The Bertz CT molecular complexity index is 617. The third-order valence-corrected chi connectivity index (χ3v) is 5.34. The molecule has 1 fully saturated rings. The van der Waals surface area contributed by atoms with Crippen molar-refractivity contribution in [1.82, 2.24) is 5.09 Å². The van der Waals surface area contributed by atoms with Crippen molar-refractivity contribution in [2.24, 2.45) is 0 Å². The molecule has 0 amide bonds. The van der Waals surface area contributed by atoms with Gasteiger partial charge >= 0.3 is 13.7 Å². The molecule has 25 heavy (non-hydrogen) atoms. The van der Waals surface area contributed by atoms with Crippen molar-refractivity contribution in [3.8, 4) is 5.75 Å². The highest BCUT2D eigenvalue weighted by Gasteiger charge is 2.37. The molecular weight excluding hydrogens is 348 g/mol. The fraction of sp³-hybridized carbons (Fsp3) is 0.533. The number of carbonyl (C=O) groups is 1. The van der Waals surface area contributed by atoms with Crippen LogP contribution in [0, 0.1) is 0 Å². The minimum absolute atomic E-state index is 0.111. The predicted molar refractivity (Wildman–Crippen MR) is 93.1 cm³/mol. The van der Waals surface area contributed by atoms with Gasteiger partial charge in [0.25, 0.3) is 0 Å². The van der Waals surface area contributed by atoms with Crippen molar-refractivity contribution in [2.45, 2.75) is 37.6 Å². The van der Waals surface area contributed by atoms with Crippen LogP contribution >= 0.6 is 7.75 Å².